The molecule has 0 aliphatic carbocycles. The molecule has 0 aliphatic rings. The minimum atomic E-state index is -1.39. The SMILES string of the molecule is COC(C)CS(=O)c1cc(Br)ccc1C(=O)O. The molecule has 0 amide bonds. The monoisotopic (exact) mass is 320 g/mol. The van der Waals surface area contributed by atoms with Crippen molar-refractivity contribution in [3.05, 3.63) is 28.2 Å². The maximum atomic E-state index is 12.0. The molecule has 0 saturated carbocycles. The molecule has 1 aromatic carbocycles. The molecule has 1 rings (SSSR count). The number of aromatic carboxylic acids is 1. The summed E-state index contributed by atoms with van der Waals surface area (Å²) in [5.41, 5.74) is 0.0647. The zero-order valence-corrected chi connectivity index (χ0v) is 11.9. The van der Waals surface area contributed by atoms with E-state index in [9.17, 15) is 9.00 Å². The number of carboxylic acids is 1. The van der Waals surface area contributed by atoms with Crippen molar-refractivity contribution in [3.8, 4) is 0 Å². The summed E-state index contributed by atoms with van der Waals surface area (Å²) in [4.78, 5) is 11.3. The van der Waals surface area contributed by atoms with Gasteiger partial charge in [0.1, 0.15) is 0 Å². The number of benzene rings is 1. The van der Waals surface area contributed by atoms with E-state index in [0.29, 0.717) is 9.37 Å². The van der Waals surface area contributed by atoms with E-state index < -0.39 is 16.8 Å². The summed E-state index contributed by atoms with van der Waals surface area (Å²) in [7, 11) is 0.137. The van der Waals surface area contributed by atoms with Crippen LogP contribution in [-0.2, 0) is 15.5 Å². The molecule has 2 unspecified atom stereocenters. The molecule has 2 atom stereocenters. The van der Waals surface area contributed by atoms with Gasteiger partial charge in [0, 0.05) is 11.6 Å². The smallest absolute Gasteiger partial charge is 0.336 e. The van der Waals surface area contributed by atoms with Gasteiger partial charge in [0.25, 0.3) is 0 Å². The molecular formula is C11H13BrO4S. The number of hydrogen-bond acceptors (Lipinski definition) is 3. The zero-order chi connectivity index (χ0) is 13.0. The lowest BCUT2D eigenvalue weighted by Gasteiger charge is -2.11. The molecule has 0 aliphatic heterocycles. The molecule has 1 N–H and O–H groups in total. The molecule has 0 bridgehead atoms. The van der Waals surface area contributed by atoms with Gasteiger partial charge in [0.05, 0.1) is 33.1 Å². The number of ether oxygens (including phenoxy) is 1. The first-order valence-corrected chi connectivity index (χ1v) is 7.01. The van der Waals surface area contributed by atoms with Gasteiger partial charge >= 0.3 is 5.97 Å². The predicted octanol–water partition coefficient (Wildman–Crippen LogP) is 2.29. The molecule has 94 valence electrons. The van der Waals surface area contributed by atoms with Crippen LogP contribution in [0, 0.1) is 0 Å². The Balaban J connectivity index is 3.06. The topological polar surface area (TPSA) is 63.6 Å². The lowest BCUT2D eigenvalue weighted by Crippen LogP contribution is -2.17. The van der Waals surface area contributed by atoms with Crippen LogP contribution in [0.15, 0.2) is 27.6 Å². The van der Waals surface area contributed by atoms with Gasteiger partial charge in [-0.05, 0) is 25.1 Å². The van der Waals surface area contributed by atoms with Crippen LogP contribution in [0.5, 0.6) is 0 Å². The van der Waals surface area contributed by atoms with E-state index in [1.165, 1.54) is 13.2 Å². The highest BCUT2D eigenvalue weighted by atomic mass is 79.9. The summed E-state index contributed by atoms with van der Waals surface area (Å²) in [6.07, 6.45) is -0.184. The second-order valence-electron chi connectivity index (χ2n) is 3.50. The lowest BCUT2D eigenvalue weighted by molar-refractivity contribution is 0.0692. The molecular weight excluding hydrogens is 308 g/mol. The standard InChI is InChI=1S/C11H13BrO4S/c1-7(16-2)6-17(15)10-5-8(12)3-4-9(10)11(13)14/h3-5,7H,6H2,1-2H3,(H,13,14). The fourth-order valence-electron chi connectivity index (χ4n) is 1.23. The minimum absolute atomic E-state index is 0.0647. The van der Waals surface area contributed by atoms with Crippen molar-refractivity contribution in [1.82, 2.24) is 0 Å². The Morgan fingerprint density at radius 3 is 2.76 bits per heavy atom. The molecule has 0 aromatic heterocycles. The maximum absolute atomic E-state index is 12.0. The average molecular weight is 321 g/mol. The first kappa shape index (κ1) is 14.3. The molecule has 0 heterocycles. The Morgan fingerprint density at radius 1 is 1.59 bits per heavy atom. The largest absolute Gasteiger partial charge is 0.478 e. The van der Waals surface area contributed by atoms with Crippen LogP contribution < -0.4 is 0 Å². The van der Waals surface area contributed by atoms with Crippen LogP contribution in [0.2, 0.25) is 0 Å². The number of halogens is 1. The van der Waals surface area contributed by atoms with E-state index in [1.54, 1.807) is 19.1 Å². The second-order valence-corrected chi connectivity index (χ2v) is 5.88. The minimum Gasteiger partial charge on any atom is -0.478 e. The maximum Gasteiger partial charge on any atom is 0.336 e. The van der Waals surface area contributed by atoms with Crippen LogP contribution in [0.1, 0.15) is 17.3 Å². The van der Waals surface area contributed by atoms with Crippen molar-refractivity contribution in [3.63, 3.8) is 0 Å². The van der Waals surface area contributed by atoms with Gasteiger partial charge in [-0.25, -0.2) is 4.79 Å². The van der Waals surface area contributed by atoms with Gasteiger partial charge in [-0.3, -0.25) is 4.21 Å². The molecule has 6 heteroatoms. The zero-order valence-electron chi connectivity index (χ0n) is 9.47. The highest BCUT2D eigenvalue weighted by Crippen LogP contribution is 2.21. The highest BCUT2D eigenvalue weighted by Gasteiger charge is 2.17. The van der Waals surface area contributed by atoms with Gasteiger partial charge in [-0.1, -0.05) is 15.9 Å². The van der Waals surface area contributed by atoms with E-state index >= 15 is 0 Å². The number of hydrogen-bond donors (Lipinski definition) is 1. The Morgan fingerprint density at radius 2 is 2.24 bits per heavy atom. The highest BCUT2D eigenvalue weighted by molar-refractivity contribution is 9.10. The molecule has 0 saturated heterocycles. The molecule has 0 spiro atoms. The van der Waals surface area contributed by atoms with Crippen molar-refractivity contribution in [2.45, 2.75) is 17.9 Å². The van der Waals surface area contributed by atoms with Crippen molar-refractivity contribution >= 4 is 32.7 Å². The fourth-order valence-corrected chi connectivity index (χ4v) is 3.15. The Hall–Kier alpha value is -0.720. The normalized spacial score (nSPS) is 14.3. The van der Waals surface area contributed by atoms with Crippen LogP contribution in [0.4, 0.5) is 0 Å². The van der Waals surface area contributed by atoms with E-state index in [4.69, 9.17) is 9.84 Å². The van der Waals surface area contributed by atoms with Crippen LogP contribution >= 0.6 is 15.9 Å². The summed E-state index contributed by atoms with van der Waals surface area (Å²) in [6, 6.07) is 4.63. The van der Waals surface area contributed by atoms with Crippen LogP contribution in [0.25, 0.3) is 0 Å². The Kier molecular flexibility index (Phi) is 5.30. The van der Waals surface area contributed by atoms with E-state index in [-0.39, 0.29) is 17.4 Å². The third kappa shape index (κ3) is 3.90. The third-order valence-electron chi connectivity index (χ3n) is 2.21. The lowest BCUT2D eigenvalue weighted by atomic mass is 10.2. The van der Waals surface area contributed by atoms with Gasteiger partial charge < -0.3 is 9.84 Å². The first-order valence-electron chi connectivity index (χ1n) is 4.89. The summed E-state index contributed by atoms with van der Waals surface area (Å²) in [6.45, 7) is 1.79. The predicted molar refractivity (Wildman–Crippen MR) is 68.8 cm³/mol. The van der Waals surface area contributed by atoms with E-state index in [2.05, 4.69) is 15.9 Å². The molecule has 1 aromatic rings. The van der Waals surface area contributed by atoms with Gasteiger partial charge in [0.15, 0.2) is 0 Å². The van der Waals surface area contributed by atoms with Crippen molar-refractivity contribution < 1.29 is 18.8 Å². The van der Waals surface area contributed by atoms with E-state index in [0.717, 1.165) is 0 Å². The summed E-state index contributed by atoms with van der Waals surface area (Å²) in [5, 5.41) is 9.02. The first-order chi connectivity index (χ1) is 7.95. The summed E-state index contributed by atoms with van der Waals surface area (Å²) in [5.74, 6) is -0.807. The Labute approximate surface area is 111 Å². The Bertz CT molecular complexity index is 447. The summed E-state index contributed by atoms with van der Waals surface area (Å²) >= 11 is 3.24. The molecule has 17 heavy (non-hydrogen) atoms. The fraction of sp³-hybridized carbons (Fsp3) is 0.364. The molecule has 4 nitrogen and oxygen atoms in total. The average Bonchev–Trinajstić information content (AvgIpc) is 2.28. The van der Waals surface area contributed by atoms with Crippen LogP contribution in [0.3, 0.4) is 0 Å². The second kappa shape index (κ2) is 6.28. The van der Waals surface area contributed by atoms with E-state index in [1.807, 2.05) is 0 Å². The van der Waals surface area contributed by atoms with Gasteiger partial charge in [0.2, 0.25) is 0 Å². The van der Waals surface area contributed by atoms with Gasteiger partial charge in [-0.15, -0.1) is 0 Å². The molecule has 0 radical (unpaired) electrons. The quantitative estimate of drug-likeness (QED) is 0.904. The number of carbonyl (C=O) groups is 1. The summed E-state index contributed by atoms with van der Waals surface area (Å²) < 4.78 is 17.8. The number of rotatable bonds is 5. The van der Waals surface area contributed by atoms with Crippen molar-refractivity contribution in [2.24, 2.45) is 0 Å². The number of methoxy groups -OCH3 is 1. The van der Waals surface area contributed by atoms with Crippen molar-refractivity contribution in [2.75, 3.05) is 12.9 Å². The van der Waals surface area contributed by atoms with Crippen molar-refractivity contribution in [1.29, 1.82) is 0 Å². The van der Waals surface area contributed by atoms with Crippen LogP contribution in [-0.4, -0.2) is 34.3 Å². The van der Waals surface area contributed by atoms with Gasteiger partial charge in [-0.2, -0.15) is 0 Å². The molecule has 0 fully saturated rings. The third-order valence-corrected chi connectivity index (χ3v) is 4.30. The number of carboxylic acid groups (broad SMARTS) is 1.